The number of hydrogen-bond donors (Lipinski definition) is 2. The van der Waals surface area contributed by atoms with E-state index in [-0.39, 0.29) is 0 Å². The number of benzene rings is 1. The van der Waals surface area contributed by atoms with Crippen LogP contribution in [0.2, 0.25) is 0 Å². The van der Waals surface area contributed by atoms with Crippen molar-refractivity contribution in [3.63, 3.8) is 0 Å². The van der Waals surface area contributed by atoms with Crippen LogP contribution in [0.5, 0.6) is 0 Å². The van der Waals surface area contributed by atoms with E-state index in [1.165, 1.54) is 0 Å². The van der Waals surface area contributed by atoms with Crippen LogP contribution in [0.1, 0.15) is 18.9 Å². The third kappa shape index (κ3) is 3.41. The highest BCUT2D eigenvalue weighted by atomic mass is 32.2. The zero-order valence-electron chi connectivity index (χ0n) is 11.7. The monoisotopic (exact) mass is 305 g/mol. The first-order chi connectivity index (χ1) is 9.63. The van der Waals surface area contributed by atoms with Crippen LogP contribution in [0, 0.1) is 0 Å². The van der Waals surface area contributed by atoms with E-state index in [1.807, 2.05) is 36.0 Å². The van der Waals surface area contributed by atoms with E-state index in [4.69, 9.17) is 18.0 Å². The molecule has 0 bridgehead atoms. The van der Waals surface area contributed by atoms with E-state index in [0.29, 0.717) is 10.2 Å². The first kappa shape index (κ1) is 15.1. The molecule has 0 spiro atoms. The minimum Gasteiger partial charge on any atom is -0.389 e. The van der Waals surface area contributed by atoms with Crippen LogP contribution in [0.15, 0.2) is 30.5 Å². The summed E-state index contributed by atoms with van der Waals surface area (Å²) in [5.41, 5.74) is 8.57. The van der Waals surface area contributed by atoms with Gasteiger partial charge in [-0.25, -0.2) is 0 Å². The van der Waals surface area contributed by atoms with Crippen LogP contribution in [0.4, 0.5) is 5.69 Å². The molecule has 1 atom stereocenters. The molecule has 1 aromatic heterocycles. The number of para-hydroxylation sites is 1. The van der Waals surface area contributed by atoms with Gasteiger partial charge in [0.25, 0.3) is 0 Å². The molecule has 0 amide bonds. The van der Waals surface area contributed by atoms with Crippen molar-refractivity contribution in [2.75, 3.05) is 18.1 Å². The topological polar surface area (TPSA) is 50.9 Å². The second-order valence-corrected chi connectivity index (χ2v) is 6.41. The molecule has 0 fully saturated rings. The van der Waals surface area contributed by atoms with Crippen LogP contribution in [0.25, 0.3) is 10.9 Å². The van der Waals surface area contributed by atoms with E-state index >= 15 is 0 Å². The van der Waals surface area contributed by atoms with Gasteiger partial charge in [0.15, 0.2) is 0 Å². The lowest BCUT2D eigenvalue weighted by molar-refractivity contribution is 0.854. The highest BCUT2D eigenvalue weighted by molar-refractivity contribution is 7.99. The van der Waals surface area contributed by atoms with Gasteiger partial charge in [-0.15, -0.1) is 0 Å². The van der Waals surface area contributed by atoms with Gasteiger partial charge in [0.1, 0.15) is 4.99 Å². The number of nitrogens with zero attached hydrogens (tertiary/aromatic N) is 1. The summed E-state index contributed by atoms with van der Waals surface area (Å²) in [6, 6.07) is 8.03. The van der Waals surface area contributed by atoms with Crippen LogP contribution in [-0.4, -0.2) is 28.0 Å². The number of fused-ring (bicyclic) bond motifs is 1. The van der Waals surface area contributed by atoms with Gasteiger partial charge in [0, 0.05) is 23.4 Å². The van der Waals surface area contributed by atoms with Gasteiger partial charge in [-0.05, 0) is 18.7 Å². The Balaban J connectivity index is 2.32. The van der Waals surface area contributed by atoms with Gasteiger partial charge >= 0.3 is 0 Å². The molecule has 3 N–H and O–H groups in total. The Morgan fingerprint density at radius 3 is 2.90 bits per heavy atom. The molecule has 0 aliphatic heterocycles. The Hall–Kier alpha value is -1.33. The molecule has 5 heteroatoms. The number of hydrogen-bond acceptors (Lipinski definition) is 4. The Bertz CT molecular complexity index is 613. The standard InChI is InChI=1S/C15H19N3S2/c1-10(20-2)7-8-17-14-11-5-3-4-6-13(11)18-9-12(14)15(16)19/h3-6,9-10H,7-8H2,1-2H3,(H2,16,19)(H,17,18). The number of thioether (sulfide) groups is 1. The zero-order valence-corrected chi connectivity index (χ0v) is 13.4. The second kappa shape index (κ2) is 6.90. The fraction of sp³-hybridized carbons (Fsp3) is 0.333. The van der Waals surface area contributed by atoms with Crippen LogP contribution < -0.4 is 11.1 Å². The SMILES string of the molecule is CSC(C)CCNc1c(C(N)=S)cnc2ccccc12. The van der Waals surface area contributed by atoms with Crippen LogP contribution >= 0.6 is 24.0 Å². The van der Waals surface area contributed by atoms with Crippen molar-refractivity contribution in [1.82, 2.24) is 4.98 Å². The quantitative estimate of drug-likeness (QED) is 0.801. The van der Waals surface area contributed by atoms with E-state index in [2.05, 4.69) is 23.5 Å². The first-order valence-corrected chi connectivity index (χ1v) is 8.27. The maximum Gasteiger partial charge on any atom is 0.107 e. The summed E-state index contributed by atoms with van der Waals surface area (Å²) in [5, 5.41) is 5.18. The molecule has 0 saturated heterocycles. The highest BCUT2D eigenvalue weighted by Gasteiger charge is 2.10. The number of anilines is 1. The number of aromatic nitrogens is 1. The number of thiocarbonyl (C=S) groups is 1. The first-order valence-electron chi connectivity index (χ1n) is 6.57. The Labute approximate surface area is 129 Å². The van der Waals surface area contributed by atoms with Gasteiger partial charge in [0.2, 0.25) is 0 Å². The largest absolute Gasteiger partial charge is 0.389 e. The molecule has 2 aromatic rings. The smallest absolute Gasteiger partial charge is 0.107 e. The minimum atomic E-state index is 0.378. The Kier molecular flexibility index (Phi) is 5.20. The summed E-state index contributed by atoms with van der Waals surface area (Å²) in [5.74, 6) is 0. The average Bonchev–Trinajstić information content (AvgIpc) is 2.46. The predicted molar refractivity (Wildman–Crippen MR) is 93.7 cm³/mol. The Morgan fingerprint density at radius 2 is 2.20 bits per heavy atom. The van der Waals surface area contributed by atoms with Crippen molar-refractivity contribution in [2.24, 2.45) is 5.73 Å². The third-order valence-electron chi connectivity index (χ3n) is 3.30. The van der Waals surface area contributed by atoms with E-state index in [0.717, 1.165) is 35.1 Å². The molecule has 0 saturated carbocycles. The molecule has 2 rings (SSSR count). The van der Waals surface area contributed by atoms with Crippen LogP contribution in [-0.2, 0) is 0 Å². The average molecular weight is 305 g/mol. The molecule has 0 aliphatic carbocycles. The van der Waals surface area contributed by atoms with E-state index in [1.54, 1.807) is 6.20 Å². The Morgan fingerprint density at radius 1 is 1.45 bits per heavy atom. The molecule has 106 valence electrons. The van der Waals surface area contributed by atoms with Crippen molar-refractivity contribution in [1.29, 1.82) is 0 Å². The number of nitrogens with two attached hydrogens (primary N) is 1. The third-order valence-corrected chi connectivity index (χ3v) is 4.56. The highest BCUT2D eigenvalue weighted by Crippen LogP contribution is 2.26. The van der Waals surface area contributed by atoms with Crippen LogP contribution in [0.3, 0.4) is 0 Å². The predicted octanol–water partition coefficient (Wildman–Crippen LogP) is 3.42. The van der Waals surface area contributed by atoms with Gasteiger partial charge in [-0.1, -0.05) is 37.3 Å². The molecule has 1 aromatic carbocycles. The van der Waals surface area contributed by atoms with E-state index in [9.17, 15) is 0 Å². The molecule has 1 unspecified atom stereocenters. The maximum absolute atomic E-state index is 5.81. The number of nitrogens with one attached hydrogen (secondary N) is 1. The number of pyridine rings is 1. The lowest BCUT2D eigenvalue weighted by atomic mass is 10.1. The molecule has 0 aliphatic rings. The van der Waals surface area contributed by atoms with Gasteiger partial charge in [-0.3, -0.25) is 4.98 Å². The second-order valence-electron chi connectivity index (χ2n) is 4.69. The lowest BCUT2D eigenvalue weighted by Crippen LogP contribution is -2.16. The van der Waals surface area contributed by atoms with Gasteiger partial charge in [-0.2, -0.15) is 11.8 Å². The normalized spacial score (nSPS) is 12.3. The summed E-state index contributed by atoms with van der Waals surface area (Å²) >= 11 is 7.00. The summed E-state index contributed by atoms with van der Waals surface area (Å²) < 4.78 is 0. The number of rotatable bonds is 6. The zero-order chi connectivity index (χ0) is 14.5. The fourth-order valence-corrected chi connectivity index (χ4v) is 2.55. The summed E-state index contributed by atoms with van der Waals surface area (Å²) in [6.07, 6.45) is 4.98. The molecular weight excluding hydrogens is 286 g/mol. The molecule has 20 heavy (non-hydrogen) atoms. The summed E-state index contributed by atoms with van der Waals surface area (Å²) in [4.78, 5) is 4.79. The maximum atomic E-state index is 5.81. The van der Waals surface area contributed by atoms with Gasteiger partial charge < -0.3 is 11.1 Å². The van der Waals surface area contributed by atoms with E-state index < -0.39 is 0 Å². The van der Waals surface area contributed by atoms with Gasteiger partial charge in [0.05, 0.1) is 16.8 Å². The van der Waals surface area contributed by atoms with Crippen molar-refractivity contribution in [3.8, 4) is 0 Å². The fourth-order valence-electron chi connectivity index (χ4n) is 2.04. The van der Waals surface area contributed by atoms with Crippen molar-refractivity contribution in [2.45, 2.75) is 18.6 Å². The van der Waals surface area contributed by atoms with Crippen molar-refractivity contribution in [3.05, 3.63) is 36.0 Å². The minimum absolute atomic E-state index is 0.378. The van der Waals surface area contributed by atoms with Crippen molar-refractivity contribution >= 4 is 45.6 Å². The molecular formula is C15H19N3S2. The summed E-state index contributed by atoms with van der Waals surface area (Å²) in [7, 11) is 0. The lowest BCUT2D eigenvalue weighted by Gasteiger charge is -2.15. The molecule has 0 radical (unpaired) electrons. The molecule has 3 nitrogen and oxygen atoms in total. The summed E-state index contributed by atoms with van der Waals surface area (Å²) in [6.45, 7) is 3.12. The van der Waals surface area contributed by atoms with Crippen molar-refractivity contribution < 1.29 is 0 Å². The molecule has 1 heterocycles.